The van der Waals surface area contributed by atoms with Crippen LogP contribution in [0.15, 0.2) is 437 Å². The van der Waals surface area contributed by atoms with Crippen LogP contribution in [0.3, 0.4) is 0 Å². The van der Waals surface area contributed by atoms with E-state index in [1.54, 1.807) is 11.3 Å². The zero-order valence-electron chi connectivity index (χ0n) is 69.5. The van der Waals surface area contributed by atoms with Gasteiger partial charge in [0.2, 0.25) is 0 Å². The Morgan fingerprint density at radius 2 is 0.569 bits per heavy atom. The maximum absolute atomic E-state index is 6.34. The number of hydrogen-bond donors (Lipinski definition) is 0. The van der Waals surface area contributed by atoms with Gasteiger partial charge in [-0.25, -0.2) is 39.9 Å². The fourth-order valence-electron chi connectivity index (χ4n) is 21.3. The zero-order valence-corrected chi connectivity index (χ0v) is 71.9. The standard InChI is InChI=1S/C59H34N4OS.C59H34N4S2/c1-3-16-35(17-4-1)55-40-31-32-46-54(38-20-7-9-23-43(38)59(46)44-24-10-13-28-50(44)65-51-29-14-11-25-45(51)59)53(40)42-34-37(30-33-47(42)60-55)57-61-56(36-18-5-2-6-19-36)62-58(63-57)41-22-15-27-49-52(41)39-21-8-12-26-48(39)64-49;1-3-16-35(17-4-1)54-41-31-32-47-53(40-21-7-9-24-44(40)59(47)45-25-10-13-28-50(45)64-51-29-14-11-26-46(51)59)52(41)43-34-37(30-33-48(43)60-54)57-61-56(36-18-5-2-6-19-36)62-58(63-57)42-23-15-22-39-38-20-8-12-27-49(38)65-55(39)42/h2*1-34H. The summed E-state index contributed by atoms with van der Waals surface area (Å²) in [5.74, 6) is 3.66. The highest BCUT2D eigenvalue weighted by molar-refractivity contribution is 7.99. The molecule has 604 valence electrons. The summed E-state index contributed by atoms with van der Waals surface area (Å²) in [6, 6.07) is 147. The molecule has 8 heterocycles. The summed E-state index contributed by atoms with van der Waals surface area (Å²) >= 11 is 5.52. The Balaban J connectivity index is 0.000000134. The number of benzene rings is 18. The molecule has 0 unspecified atom stereocenters. The van der Waals surface area contributed by atoms with E-state index in [0.717, 1.165) is 116 Å². The van der Waals surface area contributed by atoms with Crippen LogP contribution in [-0.4, -0.2) is 39.9 Å². The minimum absolute atomic E-state index is 0.514. The van der Waals surface area contributed by atoms with Gasteiger partial charge >= 0.3 is 0 Å². The number of furan rings is 1. The van der Waals surface area contributed by atoms with Crippen molar-refractivity contribution in [3.05, 3.63) is 457 Å². The van der Waals surface area contributed by atoms with Crippen molar-refractivity contribution in [1.29, 1.82) is 0 Å². The summed E-state index contributed by atoms with van der Waals surface area (Å²) in [5, 5.41) is 11.1. The van der Waals surface area contributed by atoms with Gasteiger partial charge in [0.1, 0.15) is 11.2 Å². The van der Waals surface area contributed by atoms with Gasteiger partial charge in [-0.2, -0.15) is 0 Å². The Morgan fingerprint density at radius 3 is 1.06 bits per heavy atom. The van der Waals surface area contributed by atoms with Gasteiger partial charge in [0.15, 0.2) is 34.9 Å². The lowest BCUT2D eigenvalue weighted by Gasteiger charge is -2.39. The normalized spacial score (nSPS) is 13.3. The lowest BCUT2D eigenvalue weighted by Crippen LogP contribution is -2.31. The third kappa shape index (κ3) is 11.1. The molecule has 0 amide bonds. The lowest BCUT2D eigenvalue weighted by atomic mass is 9.67. The summed E-state index contributed by atoms with van der Waals surface area (Å²) in [6.07, 6.45) is 0. The average molecular weight is 1710 g/mol. The summed E-state index contributed by atoms with van der Waals surface area (Å²) in [5.41, 5.74) is 27.3. The largest absolute Gasteiger partial charge is 0.456 e. The van der Waals surface area contributed by atoms with Crippen LogP contribution in [0.1, 0.15) is 44.5 Å². The first-order valence-corrected chi connectivity index (χ1v) is 46.2. The summed E-state index contributed by atoms with van der Waals surface area (Å²) in [7, 11) is 0. The number of hydrogen-bond acceptors (Lipinski definition) is 12. The molecule has 0 saturated heterocycles. The van der Waals surface area contributed by atoms with Crippen LogP contribution in [0, 0.1) is 0 Å². The molecule has 9 nitrogen and oxygen atoms in total. The molecule has 28 rings (SSSR count). The number of fused-ring (bicyclic) bond motifs is 32. The molecule has 130 heavy (non-hydrogen) atoms. The second kappa shape index (κ2) is 29.3. The van der Waals surface area contributed by atoms with Crippen LogP contribution in [0.25, 0.3) is 199 Å². The van der Waals surface area contributed by atoms with E-state index < -0.39 is 10.8 Å². The first kappa shape index (κ1) is 74.3. The molecule has 0 fully saturated rings. The average Bonchev–Trinajstić information content (AvgIpc) is 1.51. The van der Waals surface area contributed by atoms with E-state index in [1.807, 2.05) is 90.3 Å². The van der Waals surface area contributed by atoms with E-state index in [-0.39, 0.29) is 0 Å². The second-order valence-corrected chi connectivity index (χ2v) is 36.8. The van der Waals surface area contributed by atoms with Crippen LogP contribution >= 0.6 is 34.9 Å². The fraction of sp³-hybridized carbons (Fsp3) is 0.0169. The Morgan fingerprint density at radius 1 is 0.208 bits per heavy atom. The zero-order chi connectivity index (χ0) is 85.3. The number of nitrogens with zero attached hydrogens (tertiary/aromatic N) is 8. The van der Waals surface area contributed by atoms with Crippen molar-refractivity contribution >= 4 is 120 Å². The highest BCUT2D eigenvalue weighted by Gasteiger charge is 2.53. The Labute approximate surface area is 759 Å². The van der Waals surface area contributed by atoms with Crippen molar-refractivity contribution in [1.82, 2.24) is 39.9 Å². The molecule has 0 N–H and O–H groups in total. The second-order valence-electron chi connectivity index (χ2n) is 33.6. The van der Waals surface area contributed by atoms with Crippen LogP contribution in [0.5, 0.6) is 0 Å². The molecule has 4 aliphatic rings. The molecule has 12 heteroatoms. The van der Waals surface area contributed by atoms with E-state index in [2.05, 4.69) is 346 Å². The smallest absolute Gasteiger partial charge is 0.165 e. The van der Waals surface area contributed by atoms with Crippen LogP contribution in [0.4, 0.5) is 0 Å². The molecule has 0 radical (unpaired) electrons. The minimum Gasteiger partial charge on any atom is -0.456 e. The van der Waals surface area contributed by atoms with Gasteiger partial charge in [-0.05, 0) is 152 Å². The quantitative estimate of drug-likeness (QED) is 0.135. The number of pyridine rings is 2. The third-order valence-corrected chi connectivity index (χ3v) is 30.3. The van der Waals surface area contributed by atoms with Gasteiger partial charge in [-0.1, -0.05) is 351 Å². The predicted octanol–water partition coefficient (Wildman–Crippen LogP) is 30.4. The molecular formula is C118H68N8OS3. The van der Waals surface area contributed by atoms with E-state index in [1.165, 1.54) is 112 Å². The van der Waals surface area contributed by atoms with Crippen LogP contribution in [0.2, 0.25) is 0 Å². The molecule has 0 saturated carbocycles. The molecule has 2 aliphatic heterocycles. The Bertz CT molecular complexity index is 8810. The van der Waals surface area contributed by atoms with Gasteiger partial charge in [-0.15, -0.1) is 11.3 Å². The van der Waals surface area contributed by atoms with E-state index in [0.29, 0.717) is 34.9 Å². The summed E-state index contributed by atoms with van der Waals surface area (Å²) < 4.78 is 8.75. The molecule has 2 aliphatic carbocycles. The first-order chi connectivity index (χ1) is 64.4. The highest BCUT2D eigenvalue weighted by atomic mass is 32.2. The lowest BCUT2D eigenvalue weighted by molar-refractivity contribution is 0.669. The van der Waals surface area contributed by atoms with E-state index in [9.17, 15) is 0 Å². The van der Waals surface area contributed by atoms with Crippen molar-refractivity contribution in [3.8, 4) is 113 Å². The number of aromatic nitrogens is 8. The van der Waals surface area contributed by atoms with E-state index in [4.69, 9.17) is 44.3 Å². The summed E-state index contributed by atoms with van der Waals surface area (Å²) in [4.78, 5) is 47.7. The Hall–Kier alpha value is -16.0. The van der Waals surface area contributed by atoms with Gasteiger partial charge in [-0.3, -0.25) is 0 Å². The molecule has 0 bridgehead atoms. The molecule has 18 aromatic carbocycles. The van der Waals surface area contributed by atoms with Gasteiger partial charge in [0.05, 0.1) is 33.3 Å². The molecule has 2 spiro atoms. The van der Waals surface area contributed by atoms with Gasteiger partial charge < -0.3 is 4.42 Å². The van der Waals surface area contributed by atoms with Crippen molar-refractivity contribution in [3.63, 3.8) is 0 Å². The topological polar surface area (TPSA) is 116 Å². The van der Waals surface area contributed by atoms with Crippen LogP contribution < -0.4 is 0 Å². The van der Waals surface area contributed by atoms with Gasteiger partial charge in [0.25, 0.3) is 0 Å². The maximum Gasteiger partial charge on any atom is 0.165 e. The molecular weight excluding hydrogens is 1640 g/mol. The minimum atomic E-state index is -0.523. The molecule has 6 aromatic heterocycles. The first-order valence-electron chi connectivity index (χ1n) is 43.8. The third-order valence-electron chi connectivity index (χ3n) is 26.8. The van der Waals surface area contributed by atoms with Crippen LogP contribution in [-0.2, 0) is 10.8 Å². The number of rotatable bonds is 8. The monoisotopic (exact) mass is 1710 g/mol. The van der Waals surface area contributed by atoms with Crippen molar-refractivity contribution in [2.75, 3.05) is 0 Å². The van der Waals surface area contributed by atoms with Crippen molar-refractivity contribution in [2.45, 2.75) is 30.4 Å². The molecule has 24 aromatic rings. The highest BCUT2D eigenvalue weighted by Crippen LogP contribution is 2.66. The number of thiophene rings is 1. The maximum atomic E-state index is 6.34. The predicted molar refractivity (Wildman–Crippen MR) is 532 cm³/mol. The van der Waals surface area contributed by atoms with Crippen molar-refractivity contribution in [2.24, 2.45) is 0 Å². The summed E-state index contributed by atoms with van der Waals surface area (Å²) in [6.45, 7) is 0. The Kier molecular flexibility index (Phi) is 16.8. The number of para-hydroxylation sites is 1. The van der Waals surface area contributed by atoms with E-state index >= 15 is 0 Å². The molecule has 0 atom stereocenters. The van der Waals surface area contributed by atoms with Gasteiger partial charge in [0, 0.05) is 127 Å². The fourth-order valence-corrected chi connectivity index (χ4v) is 24.9. The van der Waals surface area contributed by atoms with Crippen molar-refractivity contribution < 1.29 is 4.42 Å². The SMILES string of the molecule is c1ccc(-c2nc(-c3ccc4nc(-c5ccccc5)c5ccc6c(c5c4c3)-c3ccccc3C63c4ccccc4Sc4ccccc43)nc(-c3cccc4c3sc3ccccc34)n2)cc1.c1ccc(-c2nc(-c3ccc4nc(-c5ccccc5)c5ccc6c(c5c4c3)-c3ccccc3C63c4ccccc4Sc4ccccc43)nc(-c3cccc4oc5ccccc5c34)n2)cc1.